The molecular weight excluding hydrogens is 474 g/mol. The van der Waals surface area contributed by atoms with Gasteiger partial charge in [0.15, 0.2) is 11.4 Å². The van der Waals surface area contributed by atoms with Crippen molar-refractivity contribution in [3.8, 4) is 5.69 Å². The van der Waals surface area contributed by atoms with Gasteiger partial charge >= 0.3 is 0 Å². The zero-order valence-electron chi connectivity index (χ0n) is 19.1. The highest BCUT2D eigenvalue weighted by molar-refractivity contribution is 7.89. The van der Waals surface area contributed by atoms with Crippen molar-refractivity contribution >= 4 is 32.7 Å². The normalized spacial score (nSPS) is 17.0. The quantitative estimate of drug-likeness (QED) is 0.422. The summed E-state index contributed by atoms with van der Waals surface area (Å²) in [5, 5.41) is 11.3. The van der Waals surface area contributed by atoms with Crippen LogP contribution in [0.2, 0.25) is 0 Å². The molecule has 1 fully saturated rings. The SMILES string of the molecule is Cc1noc(C)c1S(=O)(=O)N1CCCC(C(=O)Nc2ccccc2-n2ncc3c(=O)[nH]cnc32)C1. The lowest BCUT2D eigenvalue weighted by Gasteiger charge is -2.31. The van der Waals surface area contributed by atoms with Crippen molar-refractivity contribution in [3.05, 3.63) is 58.6 Å². The first kappa shape index (κ1) is 22.9. The molecule has 35 heavy (non-hydrogen) atoms. The molecule has 1 saturated heterocycles. The van der Waals surface area contributed by atoms with Crippen molar-refractivity contribution < 1.29 is 17.7 Å². The molecule has 12 nitrogen and oxygen atoms in total. The maximum absolute atomic E-state index is 13.2. The molecule has 1 atom stereocenters. The van der Waals surface area contributed by atoms with Gasteiger partial charge in [0.25, 0.3) is 5.56 Å². The van der Waals surface area contributed by atoms with Crippen molar-refractivity contribution in [2.75, 3.05) is 18.4 Å². The number of aromatic nitrogens is 5. The van der Waals surface area contributed by atoms with Crippen molar-refractivity contribution in [1.82, 2.24) is 29.2 Å². The highest BCUT2D eigenvalue weighted by Gasteiger charge is 2.36. The number of benzene rings is 1. The molecule has 0 bridgehead atoms. The van der Waals surface area contributed by atoms with E-state index in [9.17, 15) is 18.0 Å². The van der Waals surface area contributed by atoms with E-state index in [1.165, 1.54) is 21.5 Å². The number of nitrogens with zero attached hydrogens (tertiary/aromatic N) is 5. The number of carbonyl (C=O) groups excluding carboxylic acids is 1. The predicted octanol–water partition coefficient (Wildman–Crippen LogP) is 1.75. The fourth-order valence-corrected chi connectivity index (χ4v) is 6.19. The van der Waals surface area contributed by atoms with Crippen LogP contribution in [0.15, 0.2) is 51.0 Å². The first-order chi connectivity index (χ1) is 16.8. The van der Waals surface area contributed by atoms with Gasteiger partial charge in [-0.1, -0.05) is 17.3 Å². The molecule has 0 saturated carbocycles. The van der Waals surface area contributed by atoms with Crippen molar-refractivity contribution in [2.45, 2.75) is 31.6 Å². The van der Waals surface area contributed by atoms with Crippen LogP contribution in [-0.4, -0.2) is 56.6 Å². The maximum atomic E-state index is 13.2. The van der Waals surface area contributed by atoms with Crippen molar-refractivity contribution in [2.24, 2.45) is 5.92 Å². The topological polar surface area (TPSA) is 156 Å². The average molecular weight is 498 g/mol. The van der Waals surface area contributed by atoms with E-state index < -0.39 is 15.9 Å². The number of piperidine rings is 1. The van der Waals surface area contributed by atoms with Gasteiger partial charge in [0.2, 0.25) is 15.9 Å². The molecule has 3 aromatic heterocycles. The molecule has 1 unspecified atom stereocenters. The molecule has 5 rings (SSSR count). The summed E-state index contributed by atoms with van der Waals surface area (Å²) >= 11 is 0. The maximum Gasteiger partial charge on any atom is 0.261 e. The smallest absolute Gasteiger partial charge is 0.261 e. The standard InChI is InChI=1S/C22H23N7O5S/c1-13-19(14(2)34-27-13)35(32,33)28-9-5-6-15(11-28)21(30)26-17-7-3-4-8-18(17)29-20-16(10-25-29)22(31)24-12-23-20/h3-4,7-8,10,12,15H,5-6,9,11H2,1-2H3,(H,26,30)(H,23,24,31). The molecule has 13 heteroatoms. The Morgan fingerprint density at radius 1 is 1.26 bits per heavy atom. The van der Waals surface area contributed by atoms with Gasteiger partial charge < -0.3 is 14.8 Å². The van der Waals surface area contributed by atoms with Gasteiger partial charge in [-0.3, -0.25) is 9.59 Å². The summed E-state index contributed by atoms with van der Waals surface area (Å²) in [5.41, 5.74) is 1.33. The van der Waals surface area contributed by atoms with E-state index in [4.69, 9.17) is 4.52 Å². The minimum Gasteiger partial charge on any atom is -0.360 e. The first-order valence-electron chi connectivity index (χ1n) is 11.0. The highest BCUT2D eigenvalue weighted by atomic mass is 32.2. The van der Waals surface area contributed by atoms with Gasteiger partial charge in [-0.2, -0.15) is 9.40 Å². The van der Waals surface area contributed by atoms with Crippen LogP contribution in [-0.2, 0) is 14.8 Å². The van der Waals surface area contributed by atoms with Gasteiger partial charge in [0, 0.05) is 13.1 Å². The summed E-state index contributed by atoms with van der Waals surface area (Å²) < 4.78 is 34.3. The Morgan fingerprint density at radius 3 is 2.83 bits per heavy atom. The lowest BCUT2D eigenvalue weighted by atomic mass is 9.98. The Balaban J connectivity index is 1.40. The molecule has 1 aliphatic heterocycles. The lowest BCUT2D eigenvalue weighted by molar-refractivity contribution is -0.120. The Kier molecular flexibility index (Phi) is 5.73. The minimum absolute atomic E-state index is 0.0437. The second-order valence-electron chi connectivity index (χ2n) is 8.39. The van der Waals surface area contributed by atoms with Crippen molar-refractivity contribution in [3.63, 3.8) is 0 Å². The molecule has 1 amide bonds. The number of aromatic amines is 1. The monoisotopic (exact) mass is 497 g/mol. The van der Waals surface area contributed by atoms with Crippen LogP contribution in [0.25, 0.3) is 16.7 Å². The highest BCUT2D eigenvalue weighted by Crippen LogP contribution is 2.29. The Labute approximate surface area is 200 Å². The Hall–Kier alpha value is -3.84. The lowest BCUT2D eigenvalue weighted by Crippen LogP contribution is -2.44. The number of carbonyl (C=O) groups is 1. The van der Waals surface area contributed by atoms with E-state index in [0.29, 0.717) is 47.5 Å². The zero-order valence-corrected chi connectivity index (χ0v) is 19.9. The van der Waals surface area contributed by atoms with Crippen LogP contribution in [0, 0.1) is 19.8 Å². The van der Waals surface area contributed by atoms with Gasteiger partial charge in [0.05, 0.1) is 29.8 Å². The summed E-state index contributed by atoms with van der Waals surface area (Å²) in [5.74, 6) is -0.636. The Morgan fingerprint density at radius 2 is 2.06 bits per heavy atom. The van der Waals surface area contributed by atoms with Gasteiger partial charge in [-0.05, 0) is 38.8 Å². The number of fused-ring (bicyclic) bond motifs is 1. The number of hydrogen-bond acceptors (Lipinski definition) is 8. The molecule has 1 aromatic carbocycles. The van der Waals surface area contributed by atoms with Crippen LogP contribution in [0.1, 0.15) is 24.3 Å². The van der Waals surface area contributed by atoms with E-state index in [2.05, 4.69) is 25.5 Å². The molecule has 182 valence electrons. The second kappa shape index (κ2) is 8.74. The van der Waals surface area contributed by atoms with Gasteiger partial charge in [-0.15, -0.1) is 0 Å². The molecular formula is C22H23N7O5S. The van der Waals surface area contributed by atoms with Gasteiger partial charge in [-0.25, -0.2) is 18.1 Å². The fourth-order valence-electron chi connectivity index (χ4n) is 4.38. The van der Waals surface area contributed by atoms with E-state index in [-0.39, 0.29) is 28.7 Å². The minimum atomic E-state index is -3.85. The van der Waals surface area contributed by atoms with E-state index in [0.717, 1.165) is 0 Å². The van der Waals surface area contributed by atoms with Crippen molar-refractivity contribution in [1.29, 1.82) is 0 Å². The molecule has 2 N–H and O–H groups in total. The van der Waals surface area contributed by atoms with Gasteiger partial charge in [0.1, 0.15) is 16.0 Å². The summed E-state index contributed by atoms with van der Waals surface area (Å²) in [7, 11) is -3.85. The van der Waals surface area contributed by atoms with Crippen LogP contribution >= 0.6 is 0 Å². The average Bonchev–Trinajstić information content (AvgIpc) is 3.43. The van der Waals surface area contributed by atoms with Crippen LogP contribution < -0.4 is 10.9 Å². The summed E-state index contributed by atoms with van der Waals surface area (Å²) in [4.78, 5) is 32.1. The van der Waals surface area contributed by atoms with E-state index in [1.54, 1.807) is 38.1 Å². The third kappa shape index (κ3) is 4.02. The summed E-state index contributed by atoms with van der Waals surface area (Å²) in [6, 6.07) is 7.01. The molecule has 0 spiro atoms. The molecule has 1 aliphatic rings. The molecule has 0 aliphatic carbocycles. The van der Waals surface area contributed by atoms with E-state index in [1.807, 2.05) is 0 Å². The second-order valence-corrected chi connectivity index (χ2v) is 10.3. The number of amides is 1. The molecule has 4 aromatic rings. The number of rotatable bonds is 5. The van der Waals surface area contributed by atoms with Crippen LogP contribution in [0.5, 0.6) is 0 Å². The number of H-pyrrole nitrogens is 1. The third-order valence-corrected chi connectivity index (χ3v) is 8.19. The number of sulfonamides is 1. The largest absolute Gasteiger partial charge is 0.360 e. The Bertz CT molecular complexity index is 1570. The predicted molar refractivity (Wildman–Crippen MR) is 126 cm³/mol. The number of nitrogens with one attached hydrogen (secondary N) is 2. The summed E-state index contributed by atoms with van der Waals surface area (Å²) in [6.07, 6.45) is 3.79. The number of para-hydroxylation sites is 2. The van der Waals surface area contributed by atoms with Crippen LogP contribution in [0.4, 0.5) is 5.69 Å². The first-order valence-corrected chi connectivity index (χ1v) is 12.5. The van der Waals surface area contributed by atoms with E-state index >= 15 is 0 Å². The zero-order chi connectivity index (χ0) is 24.7. The molecule has 0 radical (unpaired) electrons. The number of hydrogen-bond donors (Lipinski definition) is 2. The fraction of sp³-hybridized carbons (Fsp3) is 0.318. The number of aryl methyl sites for hydroxylation is 2. The van der Waals surface area contributed by atoms with Crippen LogP contribution in [0.3, 0.4) is 0 Å². The third-order valence-electron chi connectivity index (χ3n) is 6.08. The molecule has 4 heterocycles. The number of anilines is 1. The summed E-state index contributed by atoms with van der Waals surface area (Å²) in [6.45, 7) is 3.49.